The highest BCUT2D eigenvalue weighted by Crippen LogP contribution is 2.18. The van der Waals surface area contributed by atoms with Crippen molar-refractivity contribution in [2.24, 2.45) is 12.0 Å². The van der Waals surface area contributed by atoms with E-state index in [1.807, 2.05) is 51.8 Å². The maximum Gasteiger partial charge on any atom is 0.191 e. The lowest BCUT2D eigenvalue weighted by Gasteiger charge is -2.26. The van der Waals surface area contributed by atoms with Crippen LogP contribution in [0.25, 0.3) is 0 Å². The second-order valence-electron chi connectivity index (χ2n) is 6.88. The first kappa shape index (κ1) is 20.9. The monoisotopic (exact) mass is 374 g/mol. The van der Waals surface area contributed by atoms with Crippen LogP contribution in [-0.2, 0) is 13.6 Å². The summed E-state index contributed by atoms with van der Waals surface area (Å²) < 4.78 is 15.1. The van der Waals surface area contributed by atoms with Gasteiger partial charge in [0.05, 0.1) is 18.3 Å². The minimum absolute atomic E-state index is 0.108. The lowest BCUT2D eigenvalue weighted by molar-refractivity contribution is 0.298. The number of likely N-dealkylation sites (N-methyl/N-ethyl adjacent to an activating group) is 1. The predicted molar refractivity (Wildman–Crippen MR) is 108 cm³/mol. The zero-order valence-corrected chi connectivity index (χ0v) is 17.2. The summed E-state index contributed by atoms with van der Waals surface area (Å²) in [5, 5.41) is 11.1. The fraction of sp³-hybridized carbons (Fsp3) is 0.500. The molecule has 0 saturated carbocycles. The van der Waals surface area contributed by atoms with Gasteiger partial charge in [-0.3, -0.25) is 4.68 Å². The Bertz CT molecular complexity index is 764. The van der Waals surface area contributed by atoms with E-state index in [4.69, 9.17) is 4.99 Å². The molecule has 6 nitrogen and oxygen atoms in total. The second kappa shape index (κ2) is 9.50. The third-order valence-corrected chi connectivity index (χ3v) is 4.74. The van der Waals surface area contributed by atoms with Crippen LogP contribution in [0.2, 0.25) is 0 Å². The van der Waals surface area contributed by atoms with E-state index in [-0.39, 0.29) is 11.9 Å². The maximum atomic E-state index is 13.2. The van der Waals surface area contributed by atoms with Crippen molar-refractivity contribution >= 4 is 5.96 Å². The molecule has 1 aromatic carbocycles. The number of benzene rings is 1. The molecule has 27 heavy (non-hydrogen) atoms. The van der Waals surface area contributed by atoms with Crippen molar-refractivity contribution in [3.63, 3.8) is 0 Å². The quantitative estimate of drug-likeness (QED) is 0.578. The van der Waals surface area contributed by atoms with Crippen LogP contribution < -0.4 is 10.6 Å². The third-order valence-electron chi connectivity index (χ3n) is 4.74. The molecule has 0 radical (unpaired) electrons. The second-order valence-corrected chi connectivity index (χ2v) is 6.88. The number of rotatable bonds is 7. The summed E-state index contributed by atoms with van der Waals surface area (Å²) in [4.78, 5) is 6.83. The Morgan fingerprint density at radius 1 is 1.22 bits per heavy atom. The van der Waals surface area contributed by atoms with Gasteiger partial charge in [-0.05, 0) is 52.6 Å². The molecule has 0 aliphatic carbocycles. The minimum atomic E-state index is -0.221. The molecule has 0 amide bonds. The molecule has 7 heteroatoms. The molecular weight excluding hydrogens is 343 g/mol. The molecule has 0 aliphatic heterocycles. The zero-order valence-electron chi connectivity index (χ0n) is 17.2. The summed E-state index contributed by atoms with van der Waals surface area (Å²) in [5.41, 5.74) is 4.35. The van der Waals surface area contributed by atoms with Crippen molar-refractivity contribution in [2.75, 3.05) is 27.2 Å². The van der Waals surface area contributed by atoms with Gasteiger partial charge in [-0.2, -0.15) is 5.10 Å². The standard InChI is InChI=1S/C20H31FN6/c1-7-22-20(23-12-18-14(2)25-27(6)15(18)3)24-13-19(26(4)5)16-8-10-17(21)11-9-16/h8-11,19H,7,12-13H2,1-6H3,(H2,22,23,24). The van der Waals surface area contributed by atoms with Crippen molar-refractivity contribution in [1.82, 2.24) is 25.3 Å². The Labute approximate surface area is 161 Å². The highest BCUT2D eigenvalue weighted by Gasteiger charge is 2.15. The lowest BCUT2D eigenvalue weighted by atomic mass is 10.1. The van der Waals surface area contributed by atoms with E-state index < -0.39 is 0 Å². The van der Waals surface area contributed by atoms with Gasteiger partial charge in [-0.1, -0.05) is 12.1 Å². The van der Waals surface area contributed by atoms with E-state index in [0.717, 1.165) is 35.0 Å². The first-order chi connectivity index (χ1) is 12.8. The molecule has 0 saturated heterocycles. The van der Waals surface area contributed by atoms with E-state index in [2.05, 4.69) is 27.6 Å². The Morgan fingerprint density at radius 2 is 1.89 bits per heavy atom. The highest BCUT2D eigenvalue weighted by atomic mass is 19.1. The first-order valence-electron chi connectivity index (χ1n) is 9.26. The van der Waals surface area contributed by atoms with Crippen LogP contribution in [0, 0.1) is 19.7 Å². The Balaban J connectivity index is 2.10. The normalized spacial score (nSPS) is 13.1. The van der Waals surface area contributed by atoms with Crippen molar-refractivity contribution in [1.29, 1.82) is 0 Å². The molecule has 0 aliphatic rings. The molecular formula is C20H31FN6. The average Bonchev–Trinajstić information content (AvgIpc) is 2.86. The van der Waals surface area contributed by atoms with Crippen LogP contribution >= 0.6 is 0 Å². The number of aliphatic imine (C=N–C) groups is 1. The molecule has 2 N–H and O–H groups in total. The van der Waals surface area contributed by atoms with Gasteiger partial charge in [-0.25, -0.2) is 9.38 Å². The van der Waals surface area contributed by atoms with Crippen LogP contribution in [0.1, 0.15) is 35.5 Å². The molecule has 0 fully saturated rings. The van der Waals surface area contributed by atoms with Crippen LogP contribution in [-0.4, -0.2) is 47.8 Å². The van der Waals surface area contributed by atoms with Crippen LogP contribution in [0.3, 0.4) is 0 Å². The van der Waals surface area contributed by atoms with Crippen molar-refractivity contribution in [3.8, 4) is 0 Å². The number of hydrogen-bond donors (Lipinski definition) is 2. The van der Waals surface area contributed by atoms with E-state index in [1.54, 1.807) is 0 Å². The van der Waals surface area contributed by atoms with Crippen LogP contribution in [0.4, 0.5) is 4.39 Å². The van der Waals surface area contributed by atoms with Crippen LogP contribution in [0.5, 0.6) is 0 Å². The third kappa shape index (κ3) is 5.53. The van der Waals surface area contributed by atoms with Crippen LogP contribution in [0.15, 0.2) is 29.3 Å². The van der Waals surface area contributed by atoms with Gasteiger partial charge < -0.3 is 15.5 Å². The summed E-state index contributed by atoms with van der Waals surface area (Å²) in [5.74, 6) is 0.537. The number of guanidine groups is 1. The Hall–Kier alpha value is -2.41. The predicted octanol–water partition coefficient (Wildman–Crippen LogP) is 2.53. The van der Waals surface area contributed by atoms with Gasteiger partial charge in [0.15, 0.2) is 5.96 Å². The summed E-state index contributed by atoms with van der Waals surface area (Å²) in [6, 6.07) is 6.76. The first-order valence-corrected chi connectivity index (χ1v) is 9.26. The van der Waals surface area contributed by atoms with Crippen molar-refractivity contribution < 1.29 is 4.39 Å². The summed E-state index contributed by atoms with van der Waals surface area (Å²) in [6.45, 7) is 8.12. The van der Waals surface area contributed by atoms with Gasteiger partial charge in [-0.15, -0.1) is 0 Å². The molecule has 1 unspecified atom stereocenters. The van der Waals surface area contributed by atoms with Gasteiger partial charge >= 0.3 is 0 Å². The average molecular weight is 375 g/mol. The number of nitrogens with zero attached hydrogens (tertiary/aromatic N) is 4. The topological polar surface area (TPSA) is 57.5 Å². The lowest BCUT2D eigenvalue weighted by Crippen LogP contribution is -2.41. The number of hydrogen-bond acceptors (Lipinski definition) is 3. The molecule has 148 valence electrons. The summed E-state index contributed by atoms with van der Waals surface area (Å²) in [7, 11) is 5.98. The molecule has 2 aromatic rings. The number of aryl methyl sites for hydroxylation is 2. The number of aromatic nitrogens is 2. The zero-order chi connectivity index (χ0) is 20.0. The van der Waals surface area contributed by atoms with E-state index >= 15 is 0 Å². The summed E-state index contributed by atoms with van der Waals surface area (Å²) in [6.07, 6.45) is 0. The fourth-order valence-electron chi connectivity index (χ4n) is 3.02. The minimum Gasteiger partial charge on any atom is -0.357 e. The van der Waals surface area contributed by atoms with E-state index in [1.165, 1.54) is 12.1 Å². The largest absolute Gasteiger partial charge is 0.357 e. The van der Waals surface area contributed by atoms with Gasteiger partial charge in [0, 0.05) is 31.4 Å². The van der Waals surface area contributed by atoms with Crippen molar-refractivity contribution in [3.05, 3.63) is 52.6 Å². The molecule has 0 bridgehead atoms. The van der Waals surface area contributed by atoms with Gasteiger partial charge in [0.25, 0.3) is 0 Å². The highest BCUT2D eigenvalue weighted by molar-refractivity contribution is 5.79. The maximum absolute atomic E-state index is 13.2. The molecule has 2 rings (SSSR count). The number of halogens is 1. The van der Waals surface area contributed by atoms with Gasteiger partial charge in [0.2, 0.25) is 0 Å². The van der Waals surface area contributed by atoms with Gasteiger partial charge in [0.1, 0.15) is 5.82 Å². The molecule has 1 aromatic heterocycles. The molecule has 1 atom stereocenters. The summed E-state index contributed by atoms with van der Waals surface area (Å²) >= 11 is 0. The smallest absolute Gasteiger partial charge is 0.191 e. The molecule has 0 spiro atoms. The Morgan fingerprint density at radius 3 is 2.41 bits per heavy atom. The van der Waals surface area contributed by atoms with E-state index in [9.17, 15) is 4.39 Å². The SMILES string of the molecule is CCNC(=NCc1c(C)nn(C)c1C)NCC(c1ccc(F)cc1)N(C)C. The van der Waals surface area contributed by atoms with E-state index in [0.29, 0.717) is 13.1 Å². The number of nitrogens with one attached hydrogen (secondary N) is 2. The Kier molecular flexibility index (Phi) is 7.36. The van der Waals surface area contributed by atoms with Crippen molar-refractivity contribution in [2.45, 2.75) is 33.4 Å². The molecule has 1 heterocycles. The fourth-order valence-corrected chi connectivity index (χ4v) is 3.02.